The van der Waals surface area contributed by atoms with Gasteiger partial charge >= 0.3 is 5.97 Å². The second-order valence-electron chi connectivity index (χ2n) is 7.64. The van der Waals surface area contributed by atoms with Crippen LogP contribution in [0.4, 0.5) is 5.82 Å². The normalized spacial score (nSPS) is 15.0. The fourth-order valence-corrected chi connectivity index (χ4v) is 3.95. The summed E-state index contributed by atoms with van der Waals surface area (Å²) >= 11 is 0. The number of morpholine rings is 1. The van der Waals surface area contributed by atoms with E-state index in [9.17, 15) is 9.59 Å². The smallest absolute Gasteiger partial charge is 0.344 e. The van der Waals surface area contributed by atoms with Crippen LogP contribution in [0.5, 0.6) is 0 Å². The van der Waals surface area contributed by atoms with E-state index in [2.05, 4.69) is 0 Å². The van der Waals surface area contributed by atoms with Crippen molar-refractivity contribution in [2.24, 2.45) is 0 Å². The molecule has 3 aromatic heterocycles. The van der Waals surface area contributed by atoms with Crippen molar-refractivity contribution in [1.29, 1.82) is 0 Å². The molecule has 0 atom stereocenters. The van der Waals surface area contributed by atoms with E-state index < -0.39 is 5.97 Å². The molecule has 0 aromatic carbocycles. The van der Waals surface area contributed by atoms with Crippen LogP contribution < -0.4 is 20.8 Å². The minimum absolute atomic E-state index is 0.176. The van der Waals surface area contributed by atoms with Crippen molar-refractivity contribution in [3.63, 3.8) is 0 Å². The van der Waals surface area contributed by atoms with E-state index in [-0.39, 0.29) is 16.9 Å². The van der Waals surface area contributed by atoms with Gasteiger partial charge in [-0.2, -0.15) is 0 Å². The quantitative estimate of drug-likeness (QED) is 0.320. The molecule has 30 heavy (non-hydrogen) atoms. The summed E-state index contributed by atoms with van der Waals surface area (Å²) in [5.74, 6) is -0.314. The number of aromatic nitrogens is 3. The lowest BCUT2D eigenvalue weighted by molar-refractivity contribution is -0.910. The Morgan fingerprint density at radius 3 is 2.87 bits per heavy atom. The second kappa shape index (κ2) is 8.37. The van der Waals surface area contributed by atoms with Gasteiger partial charge in [0.15, 0.2) is 0 Å². The first kappa shape index (κ1) is 20.2. The maximum absolute atomic E-state index is 13.2. The van der Waals surface area contributed by atoms with E-state index in [0.29, 0.717) is 23.2 Å². The van der Waals surface area contributed by atoms with Crippen LogP contribution in [-0.4, -0.2) is 55.3 Å². The zero-order chi connectivity index (χ0) is 21.3. The summed E-state index contributed by atoms with van der Waals surface area (Å²) in [6.45, 7) is 6.91. The third-order valence-corrected chi connectivity index (χ3v) is 5.61. The fourth-order valence-electron chi connectivity index (χ4n) is 3.95. The number of nitrogens with zero attached hydrogens (tertiary/aromatic N) is 3. The molecular formula is C21H27N5O4+2. The third kappa shape index (κ3) is 3.73. The number of quaternary nitrogens is 1. The van der Waals surface area contributed by atoms with Gasteiger partial charge in [0, 0.05) is 12.6 Å². The van der Waals surface area contributed by atoms with E-state index in [1.54, 1.807) is 10.8 Å². The first-order chi connectivity index (χ1) is 14.5. The van der Waals surface area contributed by atoms with Gasteiger partial charge in [0.05, 0.1) is 33.4 Å². The molecule has 1 saturated heterocycles. The van der Waals surface area contributed by atoms with Crippen molar-refractivity contribution < 1.29 is 23.7 Å². The number of carbonyl (C=O) groups is 1. The summed E-state index contributed by atoms with van der Waals surface area (Å²) in [5, 5.41) is 0.339. The van der Waals surface area contributed by atoms with Crippen molar-refractivity contribution in [2.45, 2.75) is 19.9 Å². The number of nitrogens with two attached hydrogens (primary N) is 1. The van der Waals surface area contributed by atoms with Crippen LogP contribution in [0.1, 0.15) is 22.3 Å². The standard InChI is InChI=1S/C21H25N5O4/c1-14-4-5-17-23-19-16(20(27)26(17)13-14)12-15(21(28)29-2)18(22)25(19)7-3-6-24-8-10-30-11-9-24/h4-5,12-13,22H,3,6-11H2,1-2H3/p+2. The highest BCUT2D eigenvalue weighted by Gasteiger charge is 2.25. The van der Waals surface area contributed by atoms with Gasteiger partial charge < -0.3 is 20.1 Å². The molecule has 1 fully saturated rings. The van der Waals surface area contributed by atoms with E-state index in [0.717, 1.165) is 44.8 Å². The summed E-state index contributed by atoms with van der Waals surface area (Å²) in [6, 6.07) is 5.21. The van der Waals surface area contributed by atoms with E-state index in [4.69, 9.17) is 20.2 Å². The topological polar surface area (TPSA) is 104 Å². The van der Waals surface area contributed by atoms with Gasteiger partial charge in [0.1, 0.15) is 24.0 Å². The minimum Gasteiger partial charge on any atom is -0.465 e. The van der Waals surface area contributed by atoms with Crippen LogP contribution in [0.2, 0.25) is 0 Å². The van der Waals surface area contributed by atoms with Gasteiger partial charge in [-0.15, -0.1) is 0 Å². The molecule has 158 valence electrons. The number of fused-ring (bicyclic) bond motifs is 2. The first-order valence-corrected chi connectivity index (χ1v) is 10.1. The van der Waals surface area contributed by atoms with Gasteiger partial charge in [0.25, 0.3) is 11.2 Å². The predicted octanol–water partition coefficient (Wildman–Crippen LogP) is -0.882. The summed E-state index contributed by atoms with van der Waals surface area (Å²) in [5.41, 5.74) is 8.24. The minimum atomic E-state index is -0.573. The molecule has 4 heterocycles. The lowest BCUT2D eigenvalue weighted by Crippen LogP contribution is -3.14. The first-order valence-electron chi connectivity index (χ1n) is 10.1. The maximum Gasteiger partial charge on any atom is 0.344 e. The Morgan fingerprint density at radius 1 is 1.37 bits per heavy atom. The van der Waals surface area contributed by atoms with Gasteiger partial charge in [-0.3, -0.25) is 9.20 Å². The number of rotatable bonds is 5. The number of nitrogen functional groups attached to an aromatic ring is 1. The molecule has 0 radical (unpaired) electrons. The number of pyridine rings is 2. The third-order valence-electron chi connectivity index (χ3n) is 5.61. The molecule has 0 spiro atoms. The van der Waals surface area contributed by atoms with Crippen LogP contribution in [0.3, 0.4) is 0 Å². The van der Waals surface area contributed by atoms with Gasteiger partial charge in [-0.25, -0.2) is 9.36 Å². The van der Waals surface area contributed by atoms with Crippen LogP contribution in [0.15, 0.2) is 29.2 Å². The molecular weight excluding hydrogens is 386 g/mol. The molecule has 3 aromatic rings. The molecule has 0 saturated carbocycles. The predicted molar refractivity (Wildman–Crippen MR) is 111 cm³/mol. The number of nitrogens with one attached hydrogen (secondary N) is 1. The Bertz CT molecular complexity index is 1170. The molecule has 1 aliphatic heterocycles. The van der Waals surface area contributed by atoms with Crippen LogP contribution in [0, 0.1) is 6.92 Å². The number of ether oxygens (including phenoxy) is 2. The fraction of sp³-hybridized carbons (Fsp3) is 0.429. The SMILES string of the molecule is COC(=O)c1cc2c(=O)n3cc(C)ccc3nc2[n+](CCC[NH+]2CCOCC2)c1N. The number of anilines is 1. The average Bonchev–Trinajstić information content (AvgIpc) is 2.76. The molecule has 4 rings (SSSR count). The number of hydrogen-bond acceptors (Lipinski definition) is 6. The maximum atomic E-state index is 13.2. The van der Waals surface area contributed by atoms with Crippen molar-refractivity contribution in [2.75, 3.05) is 45.7 Å². The molecule has 9 heteroatoms. The highest BCUT2D eigenvalue weighted by atomic mass is 16.5. The molecule has 0 unspecified atom stereocenters. The van der Waals surface area contributed by atoms with Gasteiger partial charge in [-0.05, 0) is 24.6 Å². The summed E-state index contributed by atoms with van der Waals surface area (Å²) in [4.78, 5) is 31.7. The van der Waals surface area contributed by atoms with Crippen LogP contribution >= 0.6 is 0 Å². The molecule has 0 aliphatic carbocycles. The monoisotopic (exact) mass is 413 g/mol. The number of hydrogen-bond donors (Lipinski definition) is 2. The molecule has 0 bridgehead atoms. The van der Waals surface area contributed by atoms with E-state index >= 15 is 0 Å². The van der Waals surface area contributed by atoms with E-state index in [1.807, 2.05) is 19.1 Å². The largest absolute Gasteiger partial charge is 0.465 e. The Balaban J connectivity index is 1.81. The van der Waals surface area contributed by atoms with Crippen molar-refractivity contribution in [3.8, 4) is 0 Å². The number of carbonyl (C=O) groups excluding carboxylic acids is 1. The highest BCUT2D eigenvalue weighted by molar-refractivity contribution is 5.96. The molecule has 0 amide bonds. The summed E-state index contributed by atoms with van der Waals surface area (Å²) in [6.07, 6.45) is 2.57. The van der Waals surface area contributed by atoms with Crippen LogP contribution in [0.25, 0.3) is 16.7 Å². The average molecular weight is 413 g/mol. The van der Waals surface area contributed by atoms with Crippen molar-refractivity contribution >= 4 is 28.5 Å². The number of methoxy groups -OCH3 is 1. The highest BCUT2D eigenvalue weighted by Crippen LogP contribution is 2.16. The van der Waals surface area contributed by atoms with Crippen molar-refractivity contribution in [1.82, 2.24) is 9.38 Å². The Hall–Kier alpha value is -3.04. The number of aryl methyl sites for hydroxylation is 2. The molecule has 3 N–H and O–H groups in total. The lowest BCUT2D eigenvalue weighted by Gasteiger charge is -2.23. The molecule has 9 nitrogen and oxygen atoms in total. The second-order valence-corrected chi connectivity index (χ2v) is 7.64. The Morgan fingerprint density at radius 2 is 2.13 bits per heavy atom. The van der Waals surface area contributed by atoms with Gasteiger partial charge in [0.2, 0.25) is 11.5 Å². The lowest BCUT2D eigenvalue weighted by atomic mass is 10.2. The Labute approximate surface area is 173 Å². The molecule has 1 aliphatic rings. The number of esters is 1. The zero-order valence-corrected chi connectivity index (χ0v) is 17.3. The van der Waals surface area contributed by atoms with E-state index in [1.165, 1.54) is 22.5 Å². The Kier molecular flexibility index (Phi) is 5.65. The van der Waals surface area contributed by atoms with Crippen LogP contribution in [-0.2, 0) is 16.0 Å². The van der Waals surface area contributed by atoms with Gasteiger partial charge in [-0.1, -0.05) is 11.1 Å². The summed E-state index contributed by atoms with van der Waals surface area (Å²) in [7, 11) is 1.30. The summed E-state index contributed by atoms with van der Waals surface area (Å²) < 4.78 is 13.6. The zero-order valence-electron chi connectivity index (χ0n) is 17.3. The van der Waals surface area contributed by atoms with Crippen molar-refractivity contribution in [3.05, 3.63) is 45.9 Å².